The number of amides is 3. The summed E-state index contributed by atoms with van der Waals surface area (Å²) < 4.78 is 0. The number of nitrogens with zero attached hydrogens (tertiary/aromatic N) is 1. The van der Waals surface area contributed by atoms with E-state index in [2.05, 4.69) is 10.6 Å². The molecule has 1 saturated carbocycles. The van der Waals surface area contributed by atoms with Crippen molar-refractivity contribution in [2.24, 2.45) is 0 Å². The van der Waals surface area contributed by atoms with Crippen LogP contribution in [0.2, 0.25) is 0 Å². The molecule has 1 fully saturated rings. The summed E-state index contributed by atoms with van der Waals surface area (Å²) in [7, 11) is 0. The van der Waals surface area contributed by atoms with Crippen LogP contribution in [-0.4, -0.2) is 65.3 Å². The van der Waals surface area contributed by atoms with E-state index in [0.29, 0.717) is 0 Å². The number of carbonyl (C=O) groups is 3. The Hall–Kier alpha value is -1.83. The van der Waals surface area contributed by atoms with Gasteiger partial charge in [0.05, 0.1) is 13.2 Å². The Morgan fingerprint density at radius 1 is 1.17 bits per heavy atom. The monoisotopic (exact) mass is 259 g/mol. The quantitative estimate of drug-likeness (QED) is 0.437. The lowest BCUT2D eigenvalue weighted by molar-refractivity contribution is -0.137. The molecule has 0 aromatic rings. The Balaban J connectivity index is 2.26. The lowest BCUT2D eigenvalue weighted by Crippen LogP contribution is -2.46. The summed E-state index contributed by atoms with van der Waals surface area (Å²) >= 11 is 0. The normalized spacial score (nSPS) is 13.8. The van der Waals surface area contributed by atoms with Crippen molar-refractivity contribution < 1.29 is 24.6 Å². The average molecular weight is 259 g/mol. The third-order valence-corrected chi connectivity index (χ3v) is 2.43. The Kier molecular flexibility index (Phi) is 5.37. The maximum atomic E-state index is 11.7. The van der Waals surface area contributed by atoms with Gasteiger partial charge in [-0.1, -0.05) is 0 Å². The smallest absolute Gasteiger partial charge is 0.322 e. The zero-order valence-corrected chi connectivity index (χ0v) is 9.89. The number of carbonyl (C=O) groups excluding carboxylic acids is 2. The molecule has 8 nitrogen and oxygen atoms in total. The molecule has 0 heterocycles. The first kappa shape index (κ1) is 14.2. The van der Waals surface area contributed by atoms with Crippen LogP contribution >= 0.6 is 0 Å². The van der Waals surface area contributed by atoms with Crippen LogP contribution in [-0.2, 0) is 9.59 Å². The van der Waals surface area contributed by atoms with Crippen molar-refractivity contribution in [3.05, 3.63) is 0 Å². The number of aliphatic hydroxyl groups is 1. The predicted octanol–water partition coefficient (Wildman–Crippen LogP) is -1.65. The molecular weight excluding hydrogens is 242 g/mol. The summed E-state index contributed by atoms with van der Waals surface area (Å²) in [5, 5.41) is 21.7. The highest BCUT2D eigenvalue weighted by atomic mass is 16.4. The molecule has 0 unspecified atom stereocenters. The largest absolute Gasteiger partial charge is 0.480 e. The number of urea groups is 1. The van der Waals surface area contributed by atoms with Gasteiger partial charge in [0.25, 0.3) is 0 Å². The Morgan fingerprint density at radius 2 is 1.83 bits per heavy atom. The van der Waals surface area contributed by atoms with Gasteiger partial charge in [0.1, 0.15) is 6.54 Å². The summed E-state index contributed by atoms with van der Waals surface area (Å²) in [5.41, 5.74) is 0. The molecule has 0 spiro atoms. The zero-order valence-electron chi connectivity index (χ0n) is 9.89. The Labute approximate surface area is 104 Å². The Bertz CT molecular complexity index is 329. The summed E-state index contributed by atoms with van der Waals surface area (Å²) in [6.45, 7) is -0.652. The number of hydrogen-bond donors (Lipinski definition) is 4. The standard InChI is InChI=1S/C10H17N3O5/c14-4-3-13(7-1-2-7)10(18)12-5-8(15)11-6-9(16)17/h7,14H,1-6H2,(H,11,15)(H,12,18)(H,16,17). The third kappa shape index (κ3) is 5.00. The van der Waals surface area contributed by atoms with E-state index < -0.39 is 24.5 Å². The summed E-state index contributed by atoms with van der Waals surface area (Å²) in [5.74, 6) is -1.71. The SMILES string of the molecule is O=C(O)CNC(=O)CNC(=O)N(CCO)C1CC1. The number of aliphatic carboxylic acids is 1. The molecule has 0 saturated heterocycles. The van der Waals surface area contributed by atoms with Gasteiger partial charge in [-0.3, -0.25) is 9.59 Å². The number of aliphatic hydroxyl groups excluding tert-OH is 1. The van der Waals surface area contributed by atoms with Gasteiger partial charge in [-0.15, -0.1) is 0 Å². The fourth-order valence-corrected chi connectivity index (χ4v) is 1.44. The van der Waals surface area contributed by atoms with Crippen molar-refractivity contribution >= 4 is 17.9 Å². The second kappa shape index (κ2) is 6.80. The minimum Gasteiger partial charge on any atom is -0.480 e. The van der Waals surface area contributed by atoms with E-state index in [1.54, 1.807) is 0 Å². The van der Waals surface area contributed by atoms with Crippen molar-refractivity contribution in [1.82, 2.24) is 15.5 Å². The van der Waals surface area contributed by atoms with Gasteiger partial charge in [0.15, 0.2) is 0 Å². The van der Waals surface area contributed by atoms with Crippen LogP contribution in [0.1, 0.15) is 12.8 Å². The van der Waals surface area contributed by atoms with Crippen LogP contribution in [0.25, 0.3) is 0 Å². The number of rotatable bonds is 7. The van der Waals surface area contributed by atoms with Crippen LogP contribution in [0, 0.1) is 0 Å². The van der Waals surface area contributed by atoms with Crippen LogP contribution < -0.4 is 10.6 Å². The average Bonchev–Trinajstić information content (AvgIpc) is 3.14. The summed E-state index contributed by atoms with van der Waals surface area (Å²) in [6.07, 6.45) is 1.80. The van der Waals surface area contributed by atoms with E-state index in [9.17, 15) is 14.4 Å². The molecule has 18 heavy (non-hydrogen) atoms. The highest BCUT2D eigenvalue weighted by Crippen LogP contribution is 2.26. The number of nitrogens with one attached hydrogen (secondary N) is 2. The molecule has 0 bridgehead atoms. The molecule has 4 N–H and O–H groups in total. The molecule has 3 amide bonds. The molecule has 102 valence electrons. The summed E-state index contributed by atoms with van der Waals surface area (Å²) in [6, 6.07) is -0.281. The molecule has 1 rings (SSSR count). The second-order valence-electron chi connectivity index (χ2n) is 3.98. The minimum atomic E-state index is -1.14. The van der Waals surface area contributed by atoms with Gasteiger partial charge in [-0.25, -0.2) is 4.79 Å². The van der Waals surface area contributed by atoms with Gasteiger partial charge in [-0.2, -0.15) is 0 Å². The highest BCUT2D eigenvalue weighted by molar-refractivity contribution is 5.86. The predicted molar refractivity (Wildman–Crippen MR) is 60.9 cm³/mol. The number of hydrogen-bond acceptors (Lipinski definition) is 4. The first-order valence-corrected chi connectivity index (χ1v) is 5.68. The van der Waals surface area contributed by atoms with E-state index in [1.165, 1.54) is 4.90 Å². The lowest BCUT2D eigenvalue weighted by atomic mass is 10.5. The van der Waals surface area contributed by atoms with Gasteiger partial charge >= 0.3 is 12.0 Å². The fourth-order valence-electron chi connectivity index (χ4n) is 1.44. The molecule has 0 radical (unpaired) electrons. The van der Waals surface area contributed by atoms with Gasteiger partial charge in [-0.05, 0) is 12.8 Å². The van der Waals surface area contributed by atoms with E-state index in [4.69, 9.17) is 10.2 Å². The number of carboxylic acid groups (broad SMARTS) is 1. The molecule has 0 aliphatic heterocycles. The van der Waals surface area contributed by atoms with E-state index in [0.717, 1.165) is 12.8 Å². The van der Waals surface area contributed by atoms with Crippen molar-refractivity contribution in [3.8, 4) is 0 Å². The van der Waals surface area contributed by atoms with E-state index >= 15 is 0 Å². The maximum Gasteiger partial charge on any atom is 0.322 e. The fraction of sp³-hybridized carbons (Fsp3) is 0.700. The highest BCUT2D eigenvalue weighted by Gasteiger charge is 2.32. The van der Waals surface area contributed by atoms with Crippen LogP contribution in [0.4, 0.5) is 4.79 Å². The first-order chi connectivity index (χ1) is 8.54. The number of carboxylic acids is 1. The van der Waals surface area contributed by atoms with Crippen molar-refractivity contribution in [3.63, 3.8) is 0 Å². The molecule has 1 aliphatic carbocycles. The summed E-state index contributed by atoms with van der Waals surface area (Å²) in [4.78, 5) is 34.5. The van der Waals surface area contributed by atoms with Crippen molar-refractivity contribution in [2.75, 3.05) is 26.2 Å². The van der Waals surface area contributed by atoms with Crippen LogP contribution in [0.3, 0.4) is 0 Å². The van der Waals surface area contributed by atoms with Crippen LogP contribution in [0.15, 0.2) is 0 Å². The molecular formula is C10H17N3O5. The third-order valence-electron chi connectivity index (χ3n) is 2.43. The molecule has 1 aliphatic rings. The van der Waals surface area contributed by atoms with Crippen LogP contribution in [0.5, 0.6) is 0 Å². The molecule has 0 atom stereocenters. The lowest BCUT2D eigenvalue weighted by Gasteiger charge is -2.21. The van der Waals surface area contributed by atoms with E-state index in [-0.39, 0.29) is 25.7 Å². The van der Waals surface area contributed by atoms with E-state index in [1.807, 2.05) is 0 Å². The Morgan fingerprint density at radius 3 is 2.33 bits per heavy atom. The molecule has 8 heteroatoms. The van der Waals surface area contributed by atoms with Gasteiger partial charge < -0.3 is 25.7 Å². The molecule has 0 aromatic heterocycles. The maximum absolute atomic E-state index is 11.7. The zero-order chi connectivity index (χ0) is 13.5. The minimum absolute atomic E-state index is 0.130. The molecule has 0 aromatic carbocycles. The van der Waals surface area contributed by atoms with Gasteiger partial charge in [0, 0.05) is 12.6 Å². The van der Waals surface area contributed by atoms with Crippen molar-refractivity contribution in [1.29, 1.82) is 0 Å². The van der Waals surface area contributed by atoms with Crippen molar-refractivity contribution in [2.45, 2.75) is 18.9 Å². The second-order valence-corrected chi connectivity index (χ2v) is 3.98. The topological polar surface area (TPSA) is 119 Å². The first-order valence-electron chi connectivity index (χ1n) is 5.68. The van der Waals surface area contributed by atoms with Gasteiger partial charge in [0.2, 0.25) is 5.91 Å².